The van der Waals surface area contributed by atoms with Crippen LogP contribution in [-0.2, 0) is 10.5 Å². The lowest BCUT2D eigenvalue weighted by Crippen LogP contribution is -2.56. The number of nitrogens with one attached hydrogen (secondary N) is 1. The molecule has 1 amide bonds. The average molecular weight is 365 g/mol. The van der Waals surface area contributed by atoms with Crippen LogP contribution in [0.15, 0.2) is 24.3 Å². The number of rotatable bonds is 8. The number of amides is 1. The van der Waals surface area contributed by atoms with Crippen molar-refractivity contribution in [3.8, 4) is 0 Å². The highest BCUT2D eigenvalue weighted by atomic mass is 32.2. The molecule has 1 saturated carbocycles. The maximum atomic E-state index is 13.6. The molecule has 0 bridgehead atoms. The second-order valence-electron chi connectivity index (χ2n) is 7.19. The van der Waals surface area contributed by atoms with Crippen LogP contribution in [0.5, 0.6) is 0 Å². The lowest BCUT2D eigenvalue weighted by molar-refractivity contribution is -0.132. The second kappa shape index (κ2) is 9.04. The van der Waals surface area contributed by atoms with E-state index >= 15 is 0 Å². The third kappa shape index (κ3) is 4.56. The smallest absolute Gasteiger partial charge is 0.240 e. The molecular weight excluding hydrogens is 335 g/mol. The van der Waals surface area contributed by atoms with Crippen LogP contribution in [0.3, 0.4) is 0 Å². The normalized spacial score (nSPS) is 20.0. The predicted molar refractivity (Wildman–Crippen MR) is 102 cm³/mol. The zero-order valence-electron chi connectivity index (χ0n) is 14.9. The minimum Gasteiger partial charge on any atom is -0.354 e. The maximum absolute atomic E-state index is 13.6. The number of carbonyl (C=O) groups excluding carboxylic acids is 1. The van der Waals surface area contributed by atoms with E-state index in [1.807, 2.05) is 12.1 Å². The van der Waals surface area contributed by atoms with Crippen LogP contribution in [-0.4, -0.2) is 41.7 Å². The third-order valence-electron chi connectivity index (χ3n) is 5.53. The molecule has 2 aliphatic rings. The molecule has 3 nitrogen and oxygen atoms in total. The first-order valence-electron chi connectivity index (χ1n) is 9.57. The highest BCUT2D eigenvalue weighted by Gasteiger charge is 2.46. The summed E-state index contributed by atoms with van der Waals surface area (Å²) < 4.78 is 13.6. The summed E-state index contributed by atoms with van der Waals surface area (Å²) in [5, 5.41) is 3.18. The Morgan fingerprint density at radius 3 is 2.60 bits per heavy atom. The van der Waals surface area contributed by atoms with Gasteiger partial charge in [0.25, 0.3) is 0 Å². The van der Waals surface area contributed by atoms with Crippen LogP contribution in [0.1, 0.15) is 50.5 Å². The van der Waals surface area contributed by atoms with Gasteiger partial charge in [-0.1, -0.05) is 31.0 Å². The molecule has 3 rings (SSSR count). The number of hydrogen-bond donors (Lipinski definition) is 1. The van der Waals surface area contributed by atoms with Gasteiger partial charge in [0.05, 0.1) is 0 Å². The fraction of sp³-hybridized carbons (Fsp3) is 0.650. The third-order valence-corrected chi connectivity index (χ3v) is 6.62. The summed E-state index contributed by atoms with van der Waals surface area (Å²) in [5.41, 5.74) is 0.534. The number of likely N-dealkylation sites (tertiary alicyclic amines) is 1. The topological polar surface area (TPSA) is 32.3 Å². The zero-order chi connectivity index (χ0) is 17.5. The van der Waals surface area contributed by atoms with Gasteiger partial charge in [-0.3, -0.25) is 9.69 Å². The molecule has 0 unspecified atom stereocenters. The Hall–Kier alpha value is -1.07. The standard InChI is InChI=1S/C20H29FN2OS/c21-18-9-2-1-8-17(18)16-25-15-7-12-22-19(24)20(10-3-4-11-20)23-13-5-6-14-23/h1-2,8-9H,3-7,10-16H2,(H,22,24). The largest absolute Gasteiger partial charge is 0.354 e. The molecule has 1 saturated heterocycles. The predicted octanol–water partition coefficient (Wildman–Crippen LogP) is 3.97. The van der Waals surface area contributed by atoms with Crippen LogP contribution in [0.4, 0.5) is 4.39 Å². The molecule has 1 aliphatic carbocycles. The van der Waals surface area contributed by atoms with Crippen LogP contribution in [0.25, 0.3) is 0 Å². The van der Waals surface area contributed by atoms with Gasteiger partial charge >= 0.3 is 0 Å². The van der Waals surface area contributed by atoms with Crippen LogP contribution >= 0.6 is 11.8 Å². The SMILES string of the molecule is O=C(NCCCSCc1ccccc1F)C1(N2CCCC2)CCCC1. The minimum atomic E-state index is -0.225. The summed E-state index contributed by atoms with van der Waals surface area (Å²) in [6, 6.07) is 6.94. The van der Waals surface area contributed by atoms with Crippen LogP contribution in [0, 0.1) is 5.82 Å². The highest BCUT2D eigenvalue weighted by Crippen LogP contribution is 2.37. The molecule has 1 aromatic carbocycles. The van der Waals surface area contributed by atoms with Gasteiger partial charge in [-0.05, 0) is 62.6 Å². The molecule has 138 valence electrons. The fourth-order valence-electron chi connectivity index (χ4n) is 4.13. The first-order valence-corrected chi connectivity index (χ1v) is 10.7. The van der Waals surface area contributed by atoms with Crippen molar-refractivity contribution < 1.29 is 9.18 Å². The first kappa shape index (κ1) is 18.7. The maximum Gasteiger partial charge on any atom is 0.240 e. The van der Waals surface area contributed by atoms with E-state index < -0.39 is 0 Å². The molecule has 25 heavy (non-hydrogen) atoms. The Labute approximate surface area is 154 Å². The number of benzene rings is 1. The number of thioether (sulfide) groups is 1. The van der Waals surface area contributed by atoms with Crippen LogP contribution < -0.4 is 5.32 Å². The van der Waals surface area contributed by atoms with Gasteiger partial charge in [0.1, 0.15) is 11.4 Å². The lowest BCUT2D eigenvalue weighted by Gasteiger charge is -2.37. The number of halogens is 1. The summed E-state index contributed by atoms with van der Waals surface area (Å²) in [6.45, 7) is 2.87. The van der Waals surface area contributed by atoms with Gasteiger partial charge in [0, 0.05) is 12.3 Å². The summed E-state index contributed by atoms with van der Waals surface area (Å²) in [5.74, 6) is 1.74. The van der Waals surface area contributed by atoms with E-state index in [-0.39, 0.29) is 17.3 Å². The second-order valence-corrected chi connectivity index (χ2v) is 8.29. The Morgan fingerprint density at radius 1 is 1.16 bits per heavy atom. The Kier molecular flexibility index (Phi) is 6.77. The van der Waals surface area contributed by atoms with E-state index in [1.165, 1.54) is 31.7 Å². The van der Waals surface area contributed by atoms with E-state index in [9.17, 15) is 9.18 Å². The Balaban J connectivity index is 1.38. The van der Waals surface area contributed by atoms with Crippen LogP contribution in [0.2, 0.25) is 0 Å². The van der Waals surface area contributed by atoms with Gasteiger partial charge in [-0.25, -0.2) is 4.39 Å². The van der Waals surface area contributed by atoms with E-state index in [0.29, 0.717) is 5.75 Å². The van der Waals surface area contributed by atoms with Crippen molar-refractivity contribution in [3.05, 3.63) is 35.6 Å². The Bertz CT molecular complexity index is 569. The summed E-state index contributed by atoms with van der Waals surface area (Å²) >= 11 is 1.73. The van der Waals surface area contributed by atoms with Crippen molar-refractivity contribution in [1.29, 1.82) is 0 Å². The fourth-order valence-corrected chi connectivity index (χ4v) is 5.08. The molecule has 1 aliphatic heterocycles. The molecule has 0 spiro atoms. The zero-order valence-corrected chi connectivity index (χ0v) is 15.8. The summed E-state index contributed by atoms with van der Waals surface area (Å²) in [7, 11) is 0. The molecule has 0 atom stereocenters. The molecule has 0 radical (unpaired) electrons. The van der Waals surface area contributed by atoms with Gasteiger partial charge < -0.3 is 5.32 Å². The van der Waals surface area contributed by atoms with Crippen molar-refractivity contribution in [2.45, 2.75) is 56.2 Å². The molecular formula is C20H29FN2OS. The summed E-state index contributed by atoms with van der Waals surface area (Å²) in [6.07, 6.45) is 7.75. The molecule has 2 fully saturated rings. The first-order chi connectivity index (χ1) is 12.2. The van der Waals surface area contributed by atoms with Gasteiger partial charge in [0.2, 0.25) is 5.91 Å². The van der Waals surface area contributed by atoms with Gasteiger partial charge in [-0.2, -0.15) is 11.8 Å². The summed E-state index contributed by atoms with van der Waals surface area (Å²) in [4.78, 5) is 15.3. The number of carbonyl (C=O) groups is 1. The highest BCUT2D eigenvalue weighted by molar-refractivity contribution is 7.98. The van der Waals surface area contributed by atoms with E-state index in [0.717, 1.165) is 50.2 Å². The molecule has 0 aromatic heterocycles. The van der Waals surface area contributed by atoms with Crippen molar-refractivity contribution in [2.24, 2.45) is 0 Å². The number of nitrogens with zero attached hydrogens (tertiary/aromatic N) is 1. The van der Waals surface area contributed by atoms with Crippen molar-refractivity contribution >= 4 is 17.7 Å². The van der Waals surface area contributed by atoms with E-state index in [4.69, 9.17) is 0 Å². The van der Waals surface area contributed by atoms with Gasteiger partial charge in [-0.15, -0.1) is 0 Å². The number of hydrogen-bond acceptors (Lipinski definition) is 3. The van der Waals surface area contributed by atoms with Crippen molar-refractivity contribution in [1.82, 2.24) is 10.2 Å². The van der Waals surface area contributed by atoms with Crippen molar-refractivity contribution in [3.63, 3.8) is 0 Å². The van der Waals surface area contributed by atoms with E-state index in [2.05, 4.69) is 10.2 Å². The molecule has 5 heteroatoms. The lowest BCUT2D eigenvalue weighted by atomic mass is 9.94. The van der Waals surface area contributed by atoms with Gasteiger partial charge in [0.15, 0.2) is 0 Å². The molecule has 1 N–H and O–H groups in total. The molecule has 1 heterocycles. The van der Waals surface area contributed by atoms with Crippen molar-refractivity contribution in [2.75, 3.05) is 25.4 Å². The minimum absolute atomic E-state index is 0.128. The Morgan fingerprint density at radius 2 is 1.88 bits per heavy atom. The molecule has 1 aromatic rings. The van der Waals surface area contributed by atoms with E-state index in [1.54, 1.807) is 17.8 Å². The average Bonchev–Trinajstić information content (AvgIpc) is 3.30. The quantitative estimate of drug-likeness (QED) is 0.708. The monoisotopic (exact) mass is 364 g/mol.